The van der Waals surface area contributed by atoms with Crippen LogP contribution in [0.4, 0.5) is 0 Å². The van der Waals surface area contributed by atoms with Crippen LogP contribution in [0.1, 0.15) is 11.1 Å². The number of hydrogen-bond acceptors (Lipinski definition) is 1. The summed E-state index contributed by atoms with van der Waals surface area (Å²) in [6.07, 6.45) is 0. The highest BCUT2D eigenvalue weighted by atomic mass is 35.5. The minimum absolute atomic E-state index is 0.562. The molecule has 0 N–H and O–H groups in total. The molecule has 0 heterocycles. The van der Waals surface area contributed by atoms with E-state index < -0.39 is 8.32 Å². The zero-order valence-corrected chi connectivity index (χ0v) is 14.2. The topological polar surface area (TPSA) is 9.23 Å². The van der Waals surface area contributed by atoms with Gasteiger partial charge in [0.25, 0.3) is 0 Å². The Labute approximate surface area is 131 Å². The van der Waals surface area contributed by atoms with Crippen LogP contribution in [0.3, 0.4) is 0 Å². The van der Waals surface area contributed by atoms with Crippen molar-refractivity contribution in [1.29, 1.82) is 0 Å². The number of hydrogen-bond donors (Lipinski definition) is 0. The van der Waals surface area contributed by atoms with Gasteiger partial charge in [0.05, 0.1) is 6.61 Å². The highest BCUT2D eigenvalue weighted by Crippen LogP contribution is 2.21. The van der Waals surface area contributed by atoms with E-state index in [2.05, 4.69) is 37.4 Å². The van der Waals surface area contributed by atoms with Crippen molar-refractivity contribution in [2.24, 2.45) is 0 Å². The SMILES string of the molecule is C[Si](C)(Cc1ccccc1)OCc1cc(Cl)cc(Cl)c1. The second-order valence-corrected chi connectivity index (χ2v) is 10.5. The van der Waals surface area contributed by atoms with Crippen molar-refractivity contribution in [3.63, 3.8) is 0 Å². The minimum atomic E-state index is -1.75. The average molecular weight is 325 g/mol. The third-order valence-corrected chi connectivity index (χ3v) is 5.65. The summed E-state index contributed by atoms with van der Waals surface area (Å²) in [5.74, 6) is 0. The summed E-state index contributed by atoms with van der Waals surface area (Å²) in [5, 5.41) is 1.30. The Balaban J connectivity index is 1.98. The van der Waals surface area contributed by atoms with Gasteiger partial charge in [0.2, 0.25) is 0 Å². The van der Waals surface area contributed by atoms with Gasteiger partial charge >= 0.3 is 0 Å². The molecule has 0 saturated heterocycles. The molecule has 0 atom stereocenters. The van der Waals surface area contributed by atoms with E-state index in [1.165, 1.54) is 5.56 Å². The molecule has 2 aromatic rings. The van der Waals surface area contributed by atoms with Crippen LogP contribution in [-0.4, -0.2) is 8.32 Å². The lowest BCUT2D eigenvalue weighted by Gasteiger charge is -2.23. The van der Waals surface area contributed by atoms with Crippen molar-refractivity contribution in [2.45, 2.75) is 25.7 Å². The molecule has 0 aliphatic carbocycles. The van der Waals surface area contributed by atoms with Gasteiger partial charge in [0, 0.05) is 10.0 Å². The van der Waals surface area contributed by atoms with Gasteiger partial charge in [-0.3, -0.25) is 0 Å². The standard InChI is InChI=1S/C16H18Cl2OSi/c1-20(2,12-13-6-4-3-5-7-13)19-11-14-8-15(17)10-16(18)9-14/h3-10H,11-12H2,1-2H3. The summed E-state index contributed by atoms with van der Waals surface area (Å²) < 4.78 is 6.15. The van der Waals surface area contributed by atoms with Crippen molar-refractivity contribution in [1.82, 2.24) is 0 Å². The third-order valence-electron chi connectivity index (χ3n) is 3.02. The highest BCUT2D eigenvalue weighted by Gasteiger charge is 2.23. The van der Waals surface area contributed by atoms with Crippen molar-refractivity contribution >= 4 is 31.5 Å². The molecule has 20 heavy (non-hydrogen) atoms. The summed E-state index contributed by atoms with van der Waals surface area (Å²) in [5.41, 5.74) is 2.35. The molecular formula is C16H18Cl2OSi. The first-order valence-electron chi connectivity index (χ1n) is 6.57. The average Bonchev–Trinajstić information content (AvgIpc) is 2.36. The van der Waals surface area contributed by atoms with Crippen molar-refractivity contribution < 1.29 is 4.43 Å². The molecule has 0 fully saturated rings. The van der Waals surface area contributed by atoms with Crippen LogP contribution in [0, 0.1) is 0 Å². The summed E-state index contributed by atoms with van der Waals surface area (Å²) >= 11 is 12.0. The number of benzene rings is 2. The molecule has 0 aliphatic rings. The van der Waals surface area contributed by atoms with Crippen LogP contribution in [-0.2, 0) is 17.1 Å². The summed E-state index contributed by atoms with van der Waals surface area (Å²) in [7, 11) is -1.75. The van der Waals surface area contributed by atoms with E-state index in [1.54, 1.807) is 6.07 Å². The van der Waals surface area contributed by atoms with Crippen LogP contribution < -0.4 is 0 Å². The molecule has 2 aromatic carbocycles. The van der Waals surface area contributed by atoms with Crippen molar-refractivity contribution in [2.75, 3.05) is 0 Å². The number of rotatable bonds is 5. The zero-order valence-electron chi connectivity index (χ0n) is 11.7. The van der Waals surface area contributed by atoms with Gasteiger partial charge < -0.3 is 4.43 Å². The molecule has 0 amide bonds. The quantitative estimate of drug-likeness (QED) is 0.660. The Hall–Kier alpha value is -0.803. The Morgan fingerprint density at radius 2 is 1.50 bits per heavy atom. The van der Waals surface area contributed by atoms with E-state index in [1.807, 2.05) is 18.2 Å². The molecule has 4 heteroatoms. The molecule has 106 valence electrons. The van der Waals surface area contributed by atoms with Gasteiger partial charge in [-0.05, 0) is 48.5 Å². The Bertz CT molecular complexity index is 550. The van der Waals surface area contributed by atoms with Crippen LogP contribution >= 0.6 is 23.2 Å². The largest absolute Gasteiger partial charge is 0.413 e. The normalized spacial score (nSPS) is 11.6. The molecule has 0 aliphatic heterocycles. The molecule has 0 aromatic heterocycles. The van der Waals surface area contributed by atoms with Gasteiger partial charge in [-0.1, -0.05) is 53.5 Å². The summed E-state index contributed by atoms with van der Waals surface area (Å²) in [6, 6.07) is 17.0. The van der Waals surface area contributed by atoms with Crippen LogP contribution in [0.5, 0.6) is 0 Å². The maximum absolute atomic E-state index is 6.15. The van der Waals surface area contributed by atoms with E-state index in [0.717, 1.165) is 11.6 Å². The molecule has 2 rings (SSSR count). The van der Waals surface area contributed by atoms with E-state index in [4.69, 9.17) is 27.6 Å². The molecule has 0 radical (unpaired) electrons. The maximum Gasteiger partial charge on any atom is 0.191 e. The first-order chi connectivity index (χ1) is 9.44. The molecule has 0 spiro atoms. The second kappa shape index (κ2) is 6.77. The van der Waals surface area contributed by atoms with Gasteiger partial charge in [-0.2, -0.15) is 0 Å². The predicted molar refractivity (Wildman–Crippen MR) is 88.9 cm³/mol. The summed E-state index contributed by atoms with van der Waals surface area (Å²) in [6.45, 7) is 5.02. The Morgan fingerprint density at radius 1 is 0.900 bits per heavy atom. The molecule has 0 unspecified atom stereocenters. The third kappa shape index (κ3) is 4.95. The van der Waals surface area contributed by atoms with Crippen molar-refractivity contribution in [3.05, 3.63) is 69.7 Å². The lowest BCUT2D eigenvalue weighted by Crippen LogP contribution is -2.33. The van der Waals surface area contributed by atoms with E-state index in [0.29, 0.717) is 16.7 Å². The smallest absolute Gasteiger partial charge is 0.191 e. The second-order valence-electron chi connectivity index (χ2n) is 5.49. The van der Waals surface area contributed by atoms with Crippen LogP contribution in [0.2, 0.25) is 23.1 Å². The van der Waals surface area contributed by atoms with Gasteiger partial charge in [-0.15, -0.1) is 0 Å². The minimum Gasteiger partial charge on any atom is -0.413 e. The number of halogens is 2. The predicted octanol–water partition coefficient (Wildman–Crippen LogP) is 5.50. The van der Waals surface area contributed by atoms with Crippen LogP contribution in [0.15, 0.2) is 48.5 Å². The fraction of sp³-hybridized carbons (Fsp3) is 0.250. The van der Waals surface area contributed by atoms with Gasteiger partial charge in [0.1, 0.15) is 0 Å². The van der Waals surface area contributed by atoms with E-state index in [9.17, 15) is 0 Å². The Morgan fingerprint density at radius 3 is 2.10 bits per heavy atom. The molecule has 0 saturated carbocycles. The fourth-order valence-electron chi connectivity index (χ4n) is 2.11. The van der Waals surface area contributed by atoms with E-state index in [-0.39, 0.29) is 0 Å². The maximum atomic E-state index is 6.15. The van der Waals surface area contributed by atoms with Crippen molar-refractivity contribution in [3.8, 4) is 0 Å². The first kappa shape index (κ1) is 15.6. The summed E-state index contributed by atoms with van der Waals surface area (Å²) in [4.78, 5) is 0. The lowest BCUT2D eigenvalue weighted by molar-refractivity contribution is 0.294. The monoisotopic (exact) mass is 324 g/mol. The lowest BCUT2D eigenvalue weighted by atomic mass is 10.2. The fourth-order valence-corrected chi connectivity index (χ4v) is 4.56. The first-order valence-corrected chi connectivity index (χ1v) is 10.4. The van der Waals surface area contributed by atoms with E-state index >= 15 is 0 Å². The highest BCUT2D eigenvalue weighted by molar-refractivity contribution is 6.70. The molecule has 0 bridgehead atoms. The Kier molecular flexibility index (Phi) is 5.27. The van der Waals surface area contributed by atoms with Gasteiger partial charge in [0.15, 0.2) is 8.32 Å². The molecule has 1 nitrogen and oxygen atoms in total. The van der Waals surface area contributed by atoms with Crippen LogP contribution in [0.25, 0.3) is 0 Å². The molecular weight excluding hydrogens is 307 g/mol. The zero-order chi connectivity index (χ0) is 14.6. The van der Waals surface area contributed by atoms with Gasteiger partial charge in [-0.25, -0.2) is 0 Å².